The number of hydrogen-bond donors (Lipinski definition) is 0. The van der Waals surface area contributed by atoms with Crippen LogP contribution < -0.4 is 4.90 Å². The van der Waals surface area contributed by atoms with Crippen molar-refractivity contribution in [2.24, 2.45) is 11.8 Å². The van der Waals surface area contributed by atoms with Gasteiger partial charge in [-0.3, -0.25) is 4.90 Å². The molecule has 4 fully saturated rings. The molecule has 152 valence electrons. The molecule has 2 aliphatic carbocycles. The molecule has 6 heteroatoms. The Morgan fingerprint density at radius 3 is 2.50 bits per heavy atom. The number of fused-ring (bicyclic) bond motifs is 1. The summed E-state index contributed by atoms with van der Waals surface area (Å²) in [6, 6.07) is 2.65. The molecule has 6 nitrogen and oxygen atoms in total. The molecule has 5 rings (SSSR count). The minimum absolute atomic E-state index is 0.0401. The Bertz CT molecular complexity index is 670. The molecule has 0 radical (unpaired) electrons. The Labute approximate surface area is 167 Å². The molecular formula is C22H32N4O2. The number of aromatic nitrogens is 2. The van der Waals surface area contributed by atoms with Crippen LogP contribution in [0.2, 0.25) is 0 Å². The molecule has 1 amide bonds. The normalized spacial score (nSPS) is 32.3. The van der Waals surface area contributed by atoms with Crippen molar-refractivity contribution < 1.29 is 9.53 Å². The number of nitrogens with zero attached hydrogens (tertiary/aromatic N) is 4. The lowest BCUT2D eigenvalue weighted by Crippen LogP contribution is -2.51. The molecule has 0 spiro atoms. The SMILES string of the molecule is O=C1OC2C(C3CCCCC3)CCCC2N1C1CCN(c2ccnnc2)CC1. The highest BCUT2D eigenvalue weighted by molar-refractivity contribution is 5.71. The van der Waals surface area contributed by atoms with Crippen molar-refractivity contribution in [1.29, 1.82) is 0 Å². The van der Waals surface area contributed by atoms with E-state index < -0.39 is 0 Å². The second-order valence-corrected chi connectivity index (χ2v) is 9.13. The molecule has 2 saturated heterocycles. The van der Waals surface area contributed by atoms with E-state index in [1.807, 2.05) is 12.3 Å². The minimum Gasteiger partial charge on any atom is -0.444 e. The number of carbonyl (C=O) groups excluding carboxylic acids is 1. The molecule has 2 aliphatic heterocycles. The number of amides is 1. The third-order valence-corrected chi connectivity index (χ3v) is 7.69. The number of ether oxygens (including phenoxy) is 1. The molecule has 0 aromatic carbocycles. The maximum absolute atomic E-state index is 12.9. The van der Waals surface area contributed by atoms with E-state index in [-0.39, 0.29) is 12.2 Å². The number of hydrogen-bond acceptors (Lipinski definition) is 5. The molecular weight excluding hydrogens is 352 g/mol. The van der Waals surface area contributed by atoms with Gasteiger partial charge in [-0.1, -0.05) is 38.5 Å². The number of anilines is 1. The third kappa shape index (κ3) is 3.35. The second kappa shape index (κ2) is 7.88. The van der Waals surface area contributed by atoms with Crippen LogP contribution in [0.25, 0.3) is 0 Å². The van der Waals surface area contributed by atoms with Gasteiger partial charge in [-0.25, -0.2) is 4.79 Å². The van der Waals surface area contributed by atoms with E-state index in [0.29, 0.717) is 18.0 Å². The van der Waals surface area contributed by atoms with Gasteiger partial charge in [0.15, 0.2) is 0 Å². The maximum Gasteiger partial charge on any atom is 0.410 e. The van der Waals surface area contributed by atoms with Crippen LogP contribution in [0.15, 0.2) is 18.5 Å². The summed E-state index contributed by atoms with van der Waals surface area (Å²) in [6.45, 7) is 1.92. The first-order chi connectivity index (χ1) is 13.8. The van der Waals surface area contributed by atoms with Gasteiger partial charge in [-0.15, -0.1) is 0 Å². The predicted octanol–water partition coefficient (Wildman–Crippen LogP) is 4.02. The summed E-state index contributed by atoms with van der Waals surface area (Å²) < 4.78 is 6.06. The molecule has 3 unspecified atom stereocenters. The van der Waals surface area contributed by atoms with E-state index in [1.165, 1.54) is 44.9 Å². The van der Waals surface area contributed by atoms with Crippen LogP contribution >= 0.6 is 0 Å². The molecule has 1 aromatic rings. The fourth-order valence-corrected chi connectivity index (χ4v) is 6.31. The maximum atomic E-state index is 12.9. The molecule has 0 N–H and O–H groups in total. The largest absolute Gasteiger partial charge is 0.444 e. The second-order valence-electron chi connectivity index (χ2n) is 9.13. The van der Waals surface area contributed by atoms with Gasteiger partial charge in [0.1, 0.15) is 6.10 Å². The Balaban J connectivity index is 1.25. The van der Waals surface area contributed by atoms with Gasteiger partial charge in [0.05, 0.1) is 24.1 Å². The van der Waals surface area contributed by atoms with Crippen molar-refractivity contribution in [2.75, 3.05) is 18.0 Å². The lowest BCUT2D eigenvalue weighted by atomic mass is 9.70. The van der Waals surface area contributed by atoms with Crippen molar-refractivity contribution >= 4 is 11.8 Å². The molecule has 3 heterocycles. The number of rotatable bonds is 3. The van der Waals surface area contributed by atoms with E-state index >= 15 is 0 Å². The van der Waals surface area contributed by atoms with Crippen LogP contribution in [0, 0.1) is 11.8 Å². The fraction of sp³-hybridized carbons (Fsp3) is 0.773. The van der Waals surface area contributed by atoms with Gasteiger partial charge < -0.3 is 9.64 Å². The zero-order chi connectivity index (χ0) is 18.9. The standard InChI is InChI=1S/C22H32N4O2/c27-22-26(17-10-13-25(14-11-17)18-9-12-23-24-15-18)20-8-4-7-19(21(20)28-22)16-5-2-1-3-6-16/h9,12,15-17,19-21H,1-8,10-11,13-14H2. The molecule has 28 heavy (non-hydrogen) atoms. The van der Waals surface area contributed by atoms with Crippen LogP contribution in [0.5, 0.6) is 0 Å². The predicted molar refractivity (Wildman–Crippen MR) is 107 cm³/mol. The van der Waals surface area contributed by atoms with E-state index in [4.69, 9.17) is 4.74 Å². The van der Waals surface area contributed by atoms with Gasteiger partial charge in [0, 0.05) is 25.0 Å². The van der Waals surface area contributed by atoms with Crippen LogP contribution in [0.1, 0.15) is 64.2 Å². The van der Waals surface area contributed by atoms with Crippen molar-refractivity contribution in [2.45, 2.75) is 82.4 Å². The number of piperidine rings is 1. The molecule has 2 saturated carbocycles. The zero-order valence-electron chi connectivity index (χ0n) is 16.7. The highest BCUT2D eigenvalue weighted by Crippen LogP contribution is 2.45. The number of carbonyl (C=O) groups is 1. The summed E-state index contributed by atoms with van der Waals surface area (Å²) >= 11 is 0. The highest BCUT2D eigenvalue weighted by Gasteiger charge is 2.51. The summed E-state index contributed by atoms with van der Waals surface area (Å²) in [5.74, 6) is 1.37. The molecule has 4 aliphatic rings. The van der Waals surface area contributed by atoms with Crippen molar-refractivity contribution in [1.82, 2.24) is 15.1 Å². The fourth-order valence-electron chi connectivity index (χ4n) is 6.31. The average Bonchev–Trinajstić information content (AvgIpc) is 3.11. The Morgan fingerprint density at radius 1 is 0.929 bits per heavy atom. The lowest BCUT2D eigenvalue weighted by Gasteiger charge is -2.43. The smallest absolute Gasteiger partial charge is 0.410 e. The Hall–Kier alpha value is -1.85. The van der Waals surface area contributed by atoms with Crippen LogP contribution in [-0.2, 0) is 4.74 Å². The minimum atomic E-state index is -0.0401. The summed E-state index contributed by atoms with van der Waals surface area (Å²) in [5, 5.41) is 7.87. The van der Waals surface area contributed by atoms with Crippen LogP contribution in [0.3, 0.4) is 0 Å². The van der Waals surface area contributed by atoms with E-state index in [1.54, 1.807) is 6.20 Å². The first-order valence-corrected chi connectivity index (χ1v) is 11.3. The van der Waals surface area contributed by atoms with Gasteiger partial charge >= 0.3 is 6.09 Å². The topological polar surface area (TPSA) is 58.6 Å². The monoisotopic (exact) mass is 384 g/mol. The van der Waals surface area contributed by atoms with Crippen molar-refractivity contribution in [3.05, 3.63) is 18.5 Å². The first kappa shape index (κ1) is 18.2. The highest BCUT2D eigenvalue weighted by atomic mass is 16.6. The summed E-state index contributed by atoms with van der Waals surface area (Å²) in [4.78, 5) is 17.4. The first-order valence-electron chi connectivity index (χ1n) is 11.3. The third-order valence-electron chi connectivity index (χ3n) is 7.69. The van der Waals surface area contributed by atoms with Crippen LogP contribution in [0.4, 0.5) is 10.5 Å². The van der Waals surface area contributed by atoms with Gasteiger partial charge in [-0.05, 0) is 37.7 Å². The van der Waals surface area contributed by atoms with Gasteiger partial charge in [0.25, 0.3) is 0 Å². The van der Waals surface area contributed by atoms with E-state index in [0.717, 1.165) is 44.0 Å². The summed E-state index contributed by atoms with van der Waals surface area (Å²) in [7, 11) is 0. The zero-order valence-corrected chi connectivity index (χ0v) is 16.7. The summed E-state index contributed by atoms with van der Waals surface area (Å²) in [6.07, 6.45) is 16.1. The Kier molecular flexibility index (Phi) is 5.12. The van der Waals surface area contributed by atoms with Crippen molar-refractivity contribution in [3.8, 4) is 0 Å². The molecule has 3 atom stereocenters. The molecule has 0 bridgehead atoms. The van der Waals surface area contributed by atoms with Gasteiger partial charge in [0.2, 0.25) is 0 Å². The summed E-state index contributed by atoms with van der Waals surface area (Å²) in [5.41, 5.74) is 1.13. The van der Waals surface area contributed by atoms with Crippen molar-refractivity contribution in [3.63, 3.8) is 0 Å². The molecule has 1 aromatic heterocycles. The lowest BCUT2D eigenvalue weighted by molar-refractivity contribution is 0.0234. The quantitative estimate of drug-likeness (QED) is 0.788. The average molecular weight is 385 g/mol. The van der Waals surface area contributed by atoms with E-state index in [2.05, 4.69) is 20.0 Å². The van der Waals surface area contributed by atoms with E-state index in [9.17, 15) is 4.79 Å². The van der Waals surface area contributed by atoms with Gasteiger partial charge in [-0.2, -0.15) is 10.2 Å². The van der Waals surface area contributed by atoms with Crippen LogP contribution in [-0.4, -0.2) is 52.5 Å². The Morgan fingerprint density at radius 2 is 1.75 bits per heavy atom.